The number of hydrogen-bond acceptors (Lipinski definition) is 2. The molecule has 46 valence electrons. The van der Waals surface area contributed by atoms with Crippen molar-refractivity contribution in [3.8, 4) is 0 Å². The summed E-state index contributed by atoms with van der Waals surface area (Å²) < 4.78 is 0. The summed E-state index contributed by atoms with van der Waals surface area (Å²) in [5, 5.41) is 3.79. The lowest BCUT2D eigenvalue weighted by atomic mass is 10.3. The summed E-state index contributed by atoms with van der Waals surface area (Å²) in [5.41, 5.74) is 0.882. The molecular formula is C6H7N2P. The van der Waals surface area contributed by atoms with E-state index in [1.807, 2.05) is 30.3 Å². The molecule has 1 aromatic rings. The van der Waals surface area contributed by atoms with Gasteiger partial charge in [-0.15, -0.1) is 0 Å². The molecule has 0 N–H and O–H groups in total. The molecule has 1 atom stereocenters. The van der Waals surface area contributed by atoms with Crippen LogP contribution in [-0.2, 0) is 0 Å². The first-order valence-electron chi connectivity index (χ1n) is 2.59. The number of hydrogen-bond donors (Lipinski definition) is 0. The molecule has 0 bridgehead atoms. The predicted molar refractivity (Wildman–Crippen MR) is 40.7 cm³/mol. The van der Waals surface area contributed by atoms with Crippen molar-refractivity contribution in [2.24, 2.45) is 10.00 Å². The molecule has 0 saturated heterocycles. The Morgan fingerprint density at radius 2 is 1.78 bits per heavy atom. The average molecular weight is 138 g/mol. The standard InChI is InChI=1S/C6H7N2P/c9-8-7-6-4-2-1-3-5-6/h1-5H,9H2. The lowest BCUT2D eigenvalue weighted by Crippen LogP contribution is -1.57. The van der Waals surface area contributed by atoms with Gasteiger partial charge in [-0.25, -0.2) is 0 Å². The van der Waals surface area contributed by atoms with Gasteiger partial charge >= 0.3 is 0 Å². The maximum absolute atomic E-state index is 3.79. The van der Waals surface area contributed by atoms with E-state index in [9.17, 15) is 0 Å². The summed E-state index contributed by atoms with van der Waals surface area (Å²) >= 11 is 0. The van der Waals surface area contributed by atoms with E-state index in [4.69, 9.17) is 0 Å². The first kappa shape index (κ1) is 6.37. The van der Waals surface area contributed by atoms with Crippen molar-refractivity contribution >= 4 is 15.1 Å². The second kappa shape index (κ2) is 3.31. The molecule has 1 aromatic carbocycles. The molecule has 9 heavy (non-hydrogen) atoms. The van der Waals surface area contributed by atoms with Gasteiger partial charge in [0, 0.05) is 9.39 Å². The van der Waals surface area contributed by atoms with Crippen LogP contribution in [0.4, 0.5) is 5.69 Å². The minimum atomic E-state index is 0.882. The molecule has 2 nitrogen and oxygen atoms in total. The van der Waals surface area contributed by atoms with Crippen LogP contribution in [-0.4, -0.2) is 0 Å². The van der Waals surface area contributed by atoms with Crippen LogP contribution < -0.4 is 0 Å². The van der Waals surface area contributed by atoms with E-state index in [0.717, 1.165) is 5.69 Å². The Morgan fingerprint density at radius 3 is 2.33 bits per heavy atom. The third-order valence-electron chi connectivity index (χ3n) is 0.929. The van der Waals surface area contributed by atoms with Crippen LogP contribution in [0.15, 0.2) is 40.3 Å². The minimum Gasteiger partial charge on any atom is -0.172 e. The van der Waals surface area contributed by atoms with Crippen LogP contribution in [0.3, 0.4) is 0 Å². The number of rotatable bonds is 1. The van der Waals surface area contributed by atoms with Crippen molar-refractivity contribution in [1.82, 2.24) is 0 Å². The van der Waals surface area contributed by atoms with E-state index in [-0.39, 0.29) is 0 Å². The van der Waals surface area contributed by atoms with E-state index in [1.54, 1.807) is 0 Å². The monoisotopic (exact) mass is 138 g/mol. The molecule has 0 aliphatic rings. The Kier molecular flexibility index (Phi) is 2.34. The van der Waals surface area contributed by atoms with Gasteiger partial charge in [-0.2, -0.15) is 10.00 Å². The average Bonchev–Trinajstić information content (AvgIpc) is 1.91. The van der Waals surface area contributed by atoms with Crippen LogP contribution in [0, 0.1) is 0 Å². The molecule has 0 fully saturated rings. The second-order valence-corrected chi connectivity index (χ2v) is 1.78. The van der Waals surface area contributed by atoms with Gasteiger partial charge < -0.3 is 0 Å². The molecule has 0 saturated carbocycles. The molecule has 0 heterocycles. The van der Waals surface area contributed by atoms with Gasteiger partial charge in [0.05, 0.1) is 5.69 Å². The molecule has 1 unspecified atom stereocenters. The van der Waals surface area contributed by atoms with E-state index >= 15 is 0 Å². The molecule has 0 spiro atoms. The van der Waals surface area contributed by atoms with E-state index in [2.05, 4.69) is 19.4 Å². The quantitative estimate of drug-likeness (QED) is 0.421. The van der Waals surface area contributed by atoms with Crippen molar-refractivity contribution in [3.63, 3.8) is 0 Å². The van der Waals surface area contributed by atoms with E-state index < -0.39 is 0 Å². The predicted octanol–water partition coefficient (Wildman–Crippen LogP) is 2.56. The smallest absolute Gasteiger partial charge is 0.0855 e. The largest absolute Gasteiger partial charge is 0.172 e. The number of benzene rings is 1. The van der Waals surface area contributed by atoms with Crippen molar-refractivity contribution in [3.05, 3.63) is 30.3 Å². The van der Waals surface area contributed by atoms with Crippen molar-refractivity contribution in [2.45, 2.75) is 0 Å². The fourth-order valence-corrected chi connectivity index (χ4v) is 0.695. The van der Waals surface area contributed by atoms with E-state index in [0.29, 0.717) is 0 Å². The topological polar surface area (TPSA) is 24.7 Å². The molecule has 3 heteroatoms. The SMILES string of the molecule is PN=Nc1ccccc1. The zero-order chi connectivity index (χ0) is 6.53. The second-order valence-electron chi connectivity index (χ2n) is 1.55. The third kappa shape index (κ3) is 1.90. The van der Waals surface area contributed by atoms with Crippen LogP contribution in [0.5, 0.6) is 0 Å². The Hall–Kier alpha value is -0.750. The van der Waals surface area contributed by atoms with Gasteiger partial charge in [0.2, 0.25) is 0 Å². The molecular weight excluding hydrogens is 131 g/mol. The lowest BCUT2D eigenvalue weighted by Gasteiger charge is -1.85. The highest BCUT2D eigenvalue weighted by Crippen LogP contribution is 2.10. The van der Waals surface area contributed by atoms with Crippen molar-refractivity contribution < 1.29 is 0 Å². The molecule has 0 radical (unpaired) electrons. The first-order chi connectivity index (χ1) is 4.43. The molecule has 0 aliphatic carbocycles. The maximum atomic E-state index is 3.79. The Balaban J connectivity index is 2.85. The van der Waals surface area contributed by atoms with Crippen LogP contribution >= 0.6 is 9.39 Å². The van der Waals surface area contributed by atoms with E-state index in [1.165, 1.54) is 0 Å². The summed E-state index contributed by atoms with van der Waals surface area (Å²) in [7, 11) is 2.19. The lowest BCUT2D eigenvalue weighted by molar-refractivity contribution is 1.34. The Morgan fingerprint density at radius 1 is 1.11 bits per heavy atom. The van der Waals surface area contributed by atoms with Crippen LogP contribution in [0.2, 0.25) is 0 Å². The Labute approximate surface area is 56.3 Å². The summed E-state index contributed by atoms with van der Waals surface area (Å²) in [6, 6.07) is 9.59. The van der Waals surface area contributed by atoms with Crippen molar-refractivity contribution in [1.29, 1.82) is 0 Å². The van der Waals surface area contributed by atoms with Crippen molar-refractivity contribution in [2.75, 3.05) is 0 Å². The van der Waals surface area contributed by atoms with Crippen LogP contribution in [0.1, 0.15) is 0 Å². The summed E-state index contributed by atoms with van der Waals surface area (Å²) in [6.07, 6.45) is 0. The van der Waals surface area contributed by atoms with Gasteiger partial charge in [0.25, 0.3) is 0 Å². The number of nitrogens with zero attached hydrogens (tertiary/aromatic N) is 2. The van der Waals surface area contributed by atoms with Gasteiger partial charge in [-0.1, -0.05) is 18.2 Å². The molecule has 0 aliphatic heterocycles. The first-order valence-corrected chi connectivity index (χ1v) is 3.11. The summed E-state index contributed by atoms with van der Waals surface area (Å²) in [6.45, 7) is 0. The molecule has 1 rings (SSSR count). The third-order valence-corrected chi connectivity index (χ3v) is 1.04. The zero-order valence-corrected chi connectivity index (χ0v) is 6.01. The summed E-state index contributed by atoms with van der Waals surface area (Å²) in [5.74, 6) is 0. The highest BCUT2D eigenvalue weighted by Gasteiger charge is 1.80. The highest BCUT2D eigenvalue weighted by atomic mass is 31.0. The fraction of sp³-hybridized carbons (Fsp3) is 0. The zero-order valence-electron chi connectivity index (χ0n) is 4.86. The van der Waals surface area contributed by atoms with Gasteiger partial charge in [-0.05, 0) is 12.1 Å². The highest BCUT2D eigenvalue weighted by molar-refractivity contribution is 7.14. The van der Waals surface area contributed by atoms with Crippen LogP contribution in [0.25, 0.3) is 0 Å². The van der Waals surface area contributed by atoms with Gasteiger partial charge in [0.1, 0.15) is 0 Å². The van der Waals surface area contributed by atoms with Gasteiger partial charge in [-0.3, -0.25) is 0 Å². The molecule has 0 aromatic heterocycles. The fourth-order valence-electron chi connectivity index (χ4n) is 0.561. The normalized spacial score (nSPS) is 10.3. The minimum absolute atomic E-state index is 0.882. The van der Waals surface area contributed by atoms with Gasteiger partial charge in [0.15, 0.2) is 0 Å². The Bertz CT molecular complexity index is 195. The summed E-state index contributed by atoms with van der Waals surface area (Å²) in [4.78, 5) is 3.55. The molecule has 0 amide bonds. The maximum Gasteiger partial charge on any atom is 0.0855 e.